The number of hydrogen-bond acceptors (Lipinski definition) is 5. The summed E-state index contributed by atoms with van der Waals surface area (Å²) in [5, 5.41) is 8.53. The summed E-state index contributed by atoms with van der Waals surface area (Å²) in [6, 6.07) is 1.93. The highest BCUT2D eigenvalue weighted by Crippen LogP contribution is 2.18. The van der Waals surface area contributed by atoms with Crippen LogP contribution in [0.4, 0.5) is 5.69 Å². The summed E-state index contributed by atoms with van der Waals surface area (Å²) in [5.74, 6) is -0.471. The number of aryl methyl sites for hydroxylation is 4. The Balaban J connectivity index is 2.11. The number of nitrogens with zero attached hydrogens (tertiary/aromatic N) is 4. The quantitative estimate of drug-likeness (QED) is 0.837. The van der Waals surface area contributed by atoms with Gasteiger partial charge in [0, 0.05) is 14.1 Å². The molecule has 114 valence electrons. The Morgan fingerprint density at radius 1 is 1.24 bits per heavy atom. The van der Waals surface area contributed by atoms with Gasteiger partial charge in [-0.2, -0.15) is 10.2 Å². The van der Waals surface area contributed by atoms with Crippen molar-refractivity contribution in [2.75, 3.05) is 5.73 Å². The van der Waals surface area contributed by atoms with Crippen LogP contribution in [-0.4, -0.2) is 25.5 Å². The fourth-order valence-electron chi connectivity index (χ4n) is 2.19. The van der Waals surface area contributed by atoms with Crippen LogP contribution in [0.2, 0.25) is 0 Å². The maximum absolute atomic E-state index is 12.2. The predicted molar refractivity (Wildman–Crippen MR) is 78.7 cm³/mol. The van der Waals surface area contributed by atoms with Gasteiger partial charge in [0.25, 0.3) is 0 Å². The van der Waals surface area contributed by atoms with E-state index in [4.69, 9.17) is 10.5 Å². The zero-order valence-corrected chi connectivity index (χ0v) is 12.9. The van der Waals surface area contributed by atoms with E-state index in [2.05, 4.69) is 10.2 Å². The summed E-state index contributed by atoms with van der Waals surface area (Å²) in [4.78, 5) is 12.2. The van der Waals surface area contributed by atoms with Gasteiger partial charge in [0.15, 0.2) is 5.69 Å². The second kappa shape index (κ2) is 5.99. The Hall–Kier alpha value is -2.31. The number of anilines is 1. The van der Waals surface area contributed by atoms with Crippen LogP contribution in [0.3, 0.4) is 0 Å². The number of aromatic nitrogens is 4. The predicted octanol–water partition coefficient (Wildman–Crippen LogP) is 1.22. The molecule has 2 heterocycles. The van der Waals surface area contributed by atoms with E-state index in [-0.39, 0.29) is 6.61 Å². The molecule has 0 saturated heterocycles. The Morgan fingerprint density at radius 3 is 2.48 bits per heavy atom. The molecule has 0 aliphatic heterocycles. The fourth-order valence-corrected chi connectivity index (χ4v) is 2.19. The minimum absolute atomic E-state index is 0.161. The van der Waals surface area contributed by atoms with Crippen LogP contribution in [0.1, 0.15) is 41.4 Å². The van der Waals surface area contributed by atoms with Crippen LogP contribution in [-0.2, 0) is 38.3 Å². The first-order valence-electron chi connectivity index (χ1n) is 6.98. The average Bonchev–Trinajstić information content (AvgIpc) is 2.96. The van der Waals surface area contributed by atoms with E-state index in [1.165, 1.54) is 4.68 Å². The molecule has 7 heteroatoms. The van der Waals surface area contributed by atoms with Crippen LogP contribution in [0.5, 0.6) is 0 Å². The van der Waals surface area contributed by atoms with Crippen LogP contribution in [0.25, 0.3) is 0 Å². The lowest BCUT2D eigenvalue weighted by molar-refractivity contribution is 0.0452. The van der Waals surface area contributed by atoms with Crippen LogP contribution in [0, 0.1) is 0 Å². The number of rotatable bonds is 5. The SMILES string of the molecule is CCc1cc(COC(=O)c2c(N)c(CC)nn2C)n(C)n1. The number of nitrogens with two attached hydrogens (primary N) is 1. The Morgan fingerprint density at radius 2 is 1.95 bits per heavy atom. The molecule has 2 aromatic heterocycles. The molecule has 0 saturated carbocycles. The van der Waals surface area contributed by atoms with Crippen molar-refractivity contribution >= 4 is 11.7 Å². The van der Waals surface area contributed by atoms with Crippen molar-refractivity contribution < 1.29 is 9.53 Å². The number of carbonyl (C=O) groups excluding carboxylic acids is 1. The molecular formula is C14H21N5O2. The Labute approximate surface area is 123 Å². The van der Waals surface area contributed by atoms with Crippen LogP contribution >= 0.6 is 0 Å². The average molecular weight is 291 g/mol. The first-order valence-corrected chi connectivity index (χ1v) is 6.98. The second-order valence-electron chi connectivity index (χ2n) is 4.87. The summed E-state index contributed by atoms with van der Waals surface area (Å²) < 4.78 is 8.52. The van der Waals surface area contributed by atoms with E-state index in [1.54, 1.807) is 11.7 Å². The van der Waals surface area contributed by atoms with Crippen molar-refractivity contribution in [2.24, 2.45) is 14.1 Å². The highest BCUT2D eigenvalue weighted by atomic mass is 16.5. The summed E-state index contributed by atoms with van der Waals surface area (Å²) in [7, 11) is 3.52. The van der Waals surface area contributed by atoms with E-state index < -0.39 is 5.97 Å². The van der Waals surface area contributed by atoms with Gasteiger partial charge in [-0.15, -0.1) is 0 Å². The normalized spacial score (nSPS) is 10.9. The molecule has 2 aromatic rings. The molecule has 0 aromatic carbocycles. The van der Waals surface area contributed by atoms with E-state index in [9.17, 15) is 4.79 Å². The molecule has 0 aliphatic rings. The van der Waals surface area contributed by atoms with Crippen LogP contribution in [0.15, 0.2) is 6.07 Å². The molecule has 0 unspecified atom stereocenters. The van der Waals surface area contributed by atoms with Gasteiger partial charge in [-0.05, 0) is 18.9 Å². The van der Waals surface area contributed by atoms with Crippen molar-refractivity contribution in [3.05, 3.63) is 28.8 Å². The molecule has 2 N–H and O–H groups in total. The largest absolute Gasteiger partial charge is 0.454 e. The lowest BCUT2D eigenvalue weighted by Gasteiger charge is -2.06. The molecule has 0 aliphatic carbocycles. The third-order valence-corrected chi connectivity index (χ3v) is 3.43. The minimum atomic E-state index is -0.471. The Kier molecular flexibility index (Phi) is 4.30. The van der Waals surface area contributed by atoms with E-state index in [0.717, 1.165) is 17.8 Å². The van der Waals surface area contributed by atoms with Crippen molar-refractivity contribution in [3.63, 3.8) is 0 Å². The first-order chi connectivity index (χ1) is 9.97. The highest BCUT2D eigenvalue weighted by Gasteiger charge is 2.21. The van der Waals surface area contributed by atoms with Gasteiger partial charge < -0.3 is 10.5 Å². The molecule has 0 atom stereocenters. The molecule has 0 radical (unpaired) electrons. The van der Waals surface area contributed by atoms with Gasteiger partial charge in [0.05, 0.1) is 22.8 Å². The van der Waals surface area contributed by atoms with Crippen LogP contribution < -0.4 is 5.73 Å². The van der Waals surface area contributed by atoms with Gasteiger partial charge in [-0.25, -0.2) is 4.79 Å². The lowest BCUT2D eigenvalue weighted by Crippen LogP contribution is -2.13. The monoisotopic (exact) mass is 291 g/mol. The number of nitrogen functional groups attached to an aromatic ring is 1. The first kappa shape index (κ1) is 15.1. The Bertz CT molecular complexity index is 657. The van der Waals surface area contributed by atoms with Gasteiger partial charge in [-0.3, -0.25) is 9.36 Å². The molecule has 0 spiro atoms. The van der Waals surface area contributed by atoms with E-state index in [1.807, 2.05) is 27.0 Å². The summed E-state index contributed by atoms with van der Waals surface area (Å²) in [6.45, 7) is 4.13. The van der Waals surface area contributed by atoms with Gasteiger partial charge >= 0.3 is 5.97 Å². The number of ether oxygens (including phenoxy) is 1. The molecule has 21 heavy (non-hydrogen) atoms. The third kappa shape index (κ3) is 2.91. The van der Waals surface area contributed by atoms with Crippen molar-refractivity contribution in [1.82, 2.24) is 19.6 Å². The minimum Gasteiger partial charge on any atom is -0.454 e. The topological polar surface area (TPSA) is 88.0 Å². The van der Waals surface area contributed by atoms with E-state index in [0.29, 0.717) is 23.5 Å². The highest BCUT2D eigenvalue weighted by molar-refractivity contribution is 5.93. The number of carbonyl (C=O) groups is 1. The molecule has 0 fully saturated rings. The van der Waals surface area contributed by atoms with Crippen molar-refractivity contribution in [3.8, 4) is 0 Å². The molecule has 0 bridgehead atoms. The smallest absolute Gasteiger partial charge is 0.359 e. The maximum Gasteiger partial charge on any atom is 0.359 e. The number of esters is 1. The molecule has 2 rings (SSSR count). The van der Waals surface area contributed by atoms with Gasteiger partial charge in [0.2, 0.25) is 0 Å². The summed E-state index contributed by atoms with van der Waals surface area (Å²) in [6.07, 6.45) is 1.52. The summed E-state index contributed by atoms with van der Waals surface area (Å²) in [5.41, 5.74) is 9.15. The molecule has 7 nitrogen and oxygen atoms in total. The lowest BCUT2D eigenvalue weighted by atomic mass is 10.2. The maximum atomic E-state index is 12.2. The summed E-state index contributed by atoms with van der Waals surface area (Å²) >= 11 is 0. The van der Waals surface area contributed by atoms with Gasteiger partial charge in [0.1, 0.15) is 6.61 Å². The zero-order chi connectivity index (χ0) is 15.6. The van der Waals surface area contributed by atoms with Gasteiger partial charge in [-0.1, -0.05) is 13.8 Å². The standard InChI is InChI=1S/C14H21N5O2/c1-5-9-7-10(18(3)16-9)8-21-14(20)13-12(15)11(6-2)17-19(13)4/h7H,5-6,8,15H2,1-4H3. The zero-order valence-electron chi connectivity index (χ0n) is 12.9. The second-order valence-corrected chi connectivity index (χ2v) is 4.87. The molecular weight excluding hydrogens is 270 g/mol. The molecule has 0 amide bonds. The van der Waals surface area contributed by atoms with E-state index >= 15 is 0 Å². The third-order valence-electron chi connectivity index (χ3n) is 3.43. The van der Waals surface area contributed by atoms with Crippen molar-refractivity contribution in [1.29, 1.82) is 0 Å². The fraction of sp³-hybridized carbons (Fsp3) is 0.500. The van der Waals surface area contributed by atoms with Crippen molar-refractivity contribution in [2.45, 2.75) is 33.3 Å². The number of hydrogen-bond donors (Lipinski definition) is 1.